The molecule has 1 saturated heterocycles. The second kappa shape index (κ2) is 7.76. The van der Waals surface area contributed by atoms with Gasteiger partial charge in [0.05, 0.1) is 18.6 Å². The van der Waals surface area contributed by atoms with Crippen molar-refractivity contribution in [3.63, 3.8) is 0 Å². The Labute approximate surface area is 144 Å². The molecule has 25 heavy (non-hydrogen) atoms. The van der Waals surface area contributed by atoms with E-state index in [0.29, 0.717) is 31.2 Å². The van der Waals surface area contributed by atoms with Crippen molar-refractivity contribution in [2.45, 2.75) is 19.6 Å². The van der Waals surface area contributed by atoms with Gasteiger partial charge in [-0.25, -0.2) is 0 Å². The molecule has 5 nitrogen and oxygen atoms in total. The van der Waals surface area contributed by atoms with E-state index in [-0.39, 0.29) is 17.8 Å². The number of hydrogen-bond acceptors (Lipinski definition) is 3. The monoisotopic (exact) mass is 357 g/mol. The summed E-state index contributed by atoms with van der Waals surface area (Å²) < 4.78 is 42.6. The number of nitrogens with zero attached hydrogens (tertiary/aromatic N) is 2. The number of methoxy groups -OCH3 is 1. The Morgan fingerprint density at radius 1 is 1.32 bits per heavy atom. The summed E-state index contributed by atoms with van der Waals surface area (Å²) in [5.74, 6) is 0.290. The molecule has 0 aromatic heterocycles. The number of halogens is 3. The third-order valence-corrected chi connectivity index (χ3v) is 4.36. The average molecular weight is 357 g/mol. The van der Waals surface area contributed by atoms with E-state index in [1.54, 1.807) is 7.05 Å². The van der Waals surface area contributed by atoms with E-state index in [1.807, 2.05) is 11.8 Å². The zero-order chi connectivity index (χ0) is 18.6. The third kappa shape index (κ3) is 4.64. The maximum Gasteiger partial charge on any atom is 0.416 e. The first-order valence-electron chi connectivity index (χ1n) is 7.95. The number of aliphatic imine (C=N–C) groups is 1. The van der Waals surface area contributed by atoms with Gasteiger partial charge in [0.25, 0.3) is 0 Å². The predicted molar refractivity (Wildman–Crippen MR) is 87.9 cm³/mol. The van der Waals surface area contributed by atoms with Crippen molar-refractivity contribution in [1.82, 2.24) is 10.2 Å². The number of guanidine groups is 1. The number of rotatable bonds is 3. The number of alkyl halides is 3. The Morgan fingerprint density at radius 2 is 1.96 bits per heavy atom. The molecule has 1 aliphatic heterocycles. The lowest BCUT2D eigenvalue weighted by Crippen LogP contribution is -2.40. The maximum absolute atomic E-state index is 12.6. The number of carbonyl (C=O) groups excluding carboxylic acids is 1. The molecule has 0 spiro atoms. The van der Waals surface area contributed by atoms with Gasteiger partial charge in [-0.15, -0.1) is 0 Å². The Kier molecular flexibility index (Phi) is 5.92. The highest BCUT2D eigenvalue weighted by molar-refractivity contribution is 5.82. The van der Waals surface area contributed by atoms with E-state index in [4.69, 9.17) is 4.74 Å². The highest BCUT2D eigenvalue weighted by Gasteiger charge is 2.36. The molecule has 0 radical (unpaired) electrons. The van der Waals surface area contributed by atoms with Gasteiger partial charge >= 0.3 is 12.1 Å². The molecular weight excluding hydrogens is 335 g/mol. The maximum atomic E-state index is 12.6. The minimum Gasteiger partial charge on any atom is -0.469 e. The number of hydrogen-bond donors (Lipinski definition) is 1. The van der Waals surface area contributed by atoms with E-state index < -0.39 is 11.7 Å². The minimum atomic E-state index is -4.34. The minimum absolute atomic E-state index is 0.136. The molecule has 8 heteroatoms. The van der Waals surface area contributed by atoms with Crippen LogP contribution in [0.1, 0.15) is 18.1 Å². The van der Waals surface area contributed by atoms with Crippen molar-refractivity contribution in [3.05, 3.63) is 35.4 Å². The number of benzene rings is 1. The first-order chi connectivity index (χ1) is 11.8. The van der Waals surface area contributed by atoms with Crippen LogP contribution in [0.4, 0.5) is 13.2 Å². The molecule has 2 atom stereocenters. The van der Waals surface area contributed by atoms with E-state index >= 15 is 0 Å². The molecule has 2 unspecified atom stereocenters. The number of esters is 1. The second-order valence-corrected chi connectivity index (χ2v) is 6.11. The Balaban J connectivity index is 1.96. The SMILES string of the molecule is CN=C(NCc1ccc(C(F)(F)F)cc1)N1CC(C)C(C(=O)OC)C1. The molecule has 138 valence electrons. The van der Waals surface area contributed by atoms with Crippen LogP contribution >= 0.6 is 0 Å². The molecule has 0 bridgehead atoms. The van der Waals surface area contributed by atoms with Gasteiger partial charge in [-0.05, 0) is 23.6 Å². The van der Waals surface area contributed by atoms with Gasteiger partial charge in [0.1, 0.15) is 0 Å². The summed E-state index contributed by atoms with van der Waals surface area (Å²) in [6, 6.07) is 5.00. The fourth-order valence-corrected chi connectivity index (χ4v) is 2.92. The molecule has 0 aliphatic carbocycles. The molecule has 1 aromatic carbocycles. The zero-order valence-electron chi connectivity index (χ0n) is 14.4. The van der Waals surface area contributed by atoms with Gasteiger partial charge in [-0.3, -0.25) is 9.79 Å². The summed E-state index contributed by atoms with van der Waals surface area (Å²) in [6.07, 6.45) is -4.34. The van der Waals surface area contributed by atoms with Crippen LogP contribution in [0.3, 0.4) is 0 Å². The Morgan fingerprint density at radius 3 is 2.48 bits per heavy atom. The van der Waals surface area contributed by atoms with E-state index in [1.165, 1.54) is 19.2 Å². The van der Waals surface area contributed by atoms with Crippen molar-refractivity contribution >= 4 is 11.9 Å². The van der Waals surface area contributed by atoms with Gasteiger partial charge in [0.15, 0.2) is 5.96 Å². The Hall–Kier alpha value is -2.25. The van der Waals surface area contributed by atoms with Crippen LogP contribution in [0.25, 0.3) is 0 Å². The van der Waals surface area contributed by atoms with Crippen LogP contribution in [-0.2, 0) is 22.3 Å². The first kappa shape index (κ1) is 19.1. The molecule has 1 heterocycles. The van der Waals surface area contributed by atoms with E-state index in [0.717, 1.165) is 12.1 Å². The lowest BCUT2D eigenvalue weighted by molar-refractivity contribution is -0.146. The normalized spacial score (nSPS) is 21.4. The fourth-order valence-electron chi connectivity index (χ4n) is 2.92. The van der Waals surface area contributed by atoms with Gasteiger partial charge < -0.3 is 15.0 Å². The molecule has 0 amide bonds. The summed E-state index contributed by atoms with van der Waals surface area (Å²) in [5.41, 5.74) is 0.0424. The smallest absolute Gasteiger partial charge is 0.416 e. The molecular formula is C17H22F3N3O2. The summed E-state index contributed by atoms with van der Waals surface area (Å²) in [7, 11) is 3.00. The summed E-state index contributed by atoms with van der Waals surface area (Å²) in [5, 5.41) is 3.13. The highest BCUT2D eigenvalue weighted by atomic mass is 19.4. The molecule has 1 aliphatic rings. The lowest BCUT2D eigenvalue weighted by atomic mass is 9.99. The van der Waals surface area contributed by atoms with Gasteiger partial charge in [-0.2, -0.15) is 13.2 Å². The molecule has 1 aromatic rings. The first-order valence-corrected chi connectivity index (χ1v) is 7.95. The van der Waals surface area contributed by atoms with Crippen LogP contribution < -0.4 is 5.32 Å². The quantitative estimate of drug-likeness (QED) is 0.513. The topological polar surface area (TPSA) is 53.9 Å². The second-order valence-electron chi connectivity index (χ2n) is 6.11. The van der Waals surface area contributed by atoms with Crippen LogP contribution in [0.15, 0.2) is 29.3 Å². The van der Waals surface area contributed by atoms with Crippen LogP contribution in [0.5, 0.6) is 0 Å². The number of carbonyl (C=O) groups is 1. The van der Waals surface area contributed by atoms with E-state index in [9.17, 15) is 18.0 Å². The van der Waals surface area contributed by atoms with Gasteiger partial charge in [-0.1, -0.05) is 19.1 Å². The molecule has 0 saturated carbocycles. The fraction of sp³-hybridized carbons (Fsp3) is 0.529. The van der Waals surface area contributed by atoms with Gasteiger partial charge in [0, 0.05) is 26.7 Å². The summed E-state index contributed by atoms with van der Waals surface area (Å²) in [6.45, 7) is 3.48. The van der Waals surface area contributed by atoms with Crippen LogP contribution in [-0.4, -0.2) is 44.1 Å². The average Bonchev–Trinajstić information content (AvgIpc) is 2.96. The van der Waals surface area contributed by atoms with Crippen molar-refractivity contribution in [1.29, 1.82) is 0 Å². The van der Waals surface area contributed by atoms with Crippen LogP contribution in [0.2, 0.25) is 0 Å². The molecule has 1 N–H and O–H groups in total. The van der Waals surface area contributed by atoms with Crippen molar-refractivity contribution in [3.8, 4) is 0 Å². The summed E-state index contributed by atoms with van der Waals surface area (Å²) in [4.78, 5) is 17.9. The molecule has 1 fully saturated rings. The summed E-state index contributed by atoms with van der Waals surface area (Å²) >= 11 is 0. The standard InChI is InChI=1S/C17H22F3N3O2/c1-11-9-23(10-14(11)15(24)25-3)16(21-2)22-8-12-4-6-13(7-5-12)17(18,19)20/h4-7,11,14H,8-10H2,1-3H3,(H,21,22). The van der Waals surface area contributed by atoms with Crippen molar-refractivity contribution in [2.24, 2.45) is 16.8 Å². The van der Waals surface area contributed by atoms with Crippen molar-refractivity contribution in [2.75, 3.05) is 27.2 Å². The molecule has 2 rings (SSSR count). The highest BCUT2D eigenvalue weighted by Crippen LogP contribution is 2.29. The van der Waals surface area contributed by atoms with E-state index in [2.05, 4.69) is 10.3 Å². The number of ether oxygens (including phenoxy) is 1. The van der Waals surface area contributed by atoms with Crippen LogP contribution in [0, 0.1) is 11.8 Å². The Bertz CT molecular complexity index is 629. The third-order valence-electron chi connectivity index (χ3n) is 4.36. The number of nitrogens with one attached hydrogen (secondary N) is 1. The van der Waals surface area contributed by atoms with Crippen molar-refractivity contribution < 1.29 is 22.7 Å². The lowest BCUT2D eigenvalue weighted by Gasteiger charge is -2.21. The number of likely N-dealkylation sites (tertiary alicyclic amines) is 1. The van der Waals surface area contributed by atoms with Gasteiger partial charge in [0.2, 0.25) is 0 Å². The largest absolute Gasteiger partial charge is 0.469 e. The zero-order valence-corrected chi connectivity index (χ0v) is 14.4. The predicted octanol–water partition coefficient (Wildman–Crippen LogP) is 2.52.